The van der Waals surface area contributed by atoms with Crippen LogP contribution in [0.15, 0.2) is 48.5 Å². The summed E-state index contributed by atoms with van der Waals surface area (Å²) in [5, 5.41) is 2.89. The van der Waals surface area contributed by atoms with Crippen molar-refractivity contribution in [3.63, 3.8) is 0 Å². The summed E-state index contributed by atoms with van der Waals surface area (Å²) in [6, 6.07) is 14.2. The van der Waals surface area contributed by atoms with Gasteiger partial charge in [-0.3, -0.25) is 9.10 Å². The van der Waals surface area contributed by atoms with Crippen molar-refractivity contribution < 1.29 is 17.9 Å². The number of anilines is 1. The Bertz CT molecular complexity index is 928. The van der Waals surface area contributed by atoms with Crippen molar-refractivity contribution >= 4 is 21.6 Å². The lowest BCUT2D eigenvalue weighted by Crippen LogP contribution is -2.49. The summed E-state index contributed by atoms with van der Waals surface area (Å²) in [5.74, 6) is 0.231. The van der Waals surface area contributed by atoms with Crippen molar-refractivity contribution in [2.75, 3.05) is 24.2 Å². The van der Waals surface area contributed by atoms with E-state index in [9.17, 15) is 13.2 Å². The first kappa shape index (κ1) is 22.7. The Morgan fingerprint density at radius 3 is 2.52 bits per heavy atom. The van der Waals surface area contributed by atoms with Crippen molar-refractivity contribution in [1.82, 2.24) is 5.32 Å². The van der Waals surface area contributed by atoms with Crippen LogP contribution in [0.3, 0.4) is 0 Å². The van der Waals surface area contributed by atoms with Gasteiger partial charge in [-0.15, -0.1) is 0 Å². The smallest absolute Gasteiger partial charge is 0.243 e. The highest BCUT2D eigenvalue weighted by atomic mass is 32.2. The summed E-state index contributed by atoms with van der Waals surface area (Å²) in [6.45, 7) is 4.34. The SMILES string of the molecule is CC[C@H](C(=O)NCCCc1cccc(C)c1)N(c1cccc(OC)c1)S(C)(=O)=O. The third kappa shape index (κ3) is 6.49. The predicted octanol–water partition coefficient (Wildman–Crippen LogP) is 3.30. The molecule has 2 aromatic rings. The van der Waals surface area contributed by atoms with Gasteiger partial charge in [0.15, 0.2) is 0 Å². The first-order valence-corrected chi connectivity index (χ1v) is 11.6. The molecule has 1 amide bonds. The standard InChI is InChI=1S/C22H30N2O4S/c1-5-21(22(25)23-14-8-11-18-10-6-9-17(2)15-18)24(29(4,26)27)19-12-7-13-20(16-19)28-3/h6-7,9-10,12-13,15-16,21H,5,8,11,14H2,1-4H3,(H,23,25)/t21-/m1/s1. The Labute approximate surface area is 173 Å². The van der Waals surface area contributed by atoms with Gasteiger partial charge in [-0.2, -0.15) is 0 Å². The summed E-state index contributed by atoms with van der Waals surface area (Å²) < 4.78 is 31.3. The summed E-state index contributed by atoms with van der Waals surface area (Å²) >= 11 is 0. The van der Waals surface area contributed by atoms with E-state index in [1.54, 1.807) is 31.2 Å². The van der Waals surface area contributed by atoms with Crippen molar-refractivity contribution in [3.05, 3.63) is 59.7 Å². The molecule has 1 atom stereocenters. The number of sulfonamides is 1. The number of nitrogens with one attached hydrogen (secondary N) is 1. The lowest BCUT2D eigenvalue weighted by molar-refractivity contribution is -0.122. The highest BCUT2D eigenvalue weighted by Crippen LogP contribution is 2.26. The Kier molecular flexibility index (Phi) is 8.08. The minimum Gasteiger partial charge on any atom is -0.497 e. The van der Waals surface area contributed by atoms with Gasteiger partial charge in [0.25, 0.3) is 0 Å². The molecule has 0 aliphatic heterocycles. The van der Waals surface area contributed by atoms with Crippen molar-refractivity contribution in [1.29, 1.82) is 0 Å². The highest BCUT2D eigenvalue weighted by molar-refractivity contribution is 7.92. The third-order valence-electron chi connectivity index (χ3n) is 4.66. The molecule has 0 unspecified atom stereocenters. The van der Waals surface area contributed by atoms with Crippen LogP contribution in [0, 0.1) is 6.92 Å². The van der Waals surface area contributed by atoms with E-state index < -0.39 is 16.1 Å². The molecule has 1 N–H and O–H groups in total. The molecule has 0 spiro atoms. The molecule has 0 saturated heterocycles. The number of amides is 1. The number of rotatable bonds is 10. The molecular weight excluding hydrogens is 388 g/mol. The van der Waals surface area contributed by atoms with Crippen LogP contribution >= 0.6 is 0 Å². The highest BCUT2D eigenvalue weighted by Gasteiger charge is 2.31. The largest absolute Gasteiger partial charge is 0.497 e. The topological polar surface area (TPSA) is 75.7 Å². The van der Waals surface area contributed by atoms with Crippen LogP contribution in [-0.2, 0) is 21.2 Å². The zero-order chi connectivity index (χ0) is 21.4. The molecule has 0 aliphatic rings. The lowest BCUT2D eigenvalue weighted by atomic mass is 10.1. The van der Waals surface area contributed by atoms with Crippen LogP contribution in [0.25, 0.3) is 0 Å². The Hall–Kier alpha value is -2.54. The molecule has 7 heteroatoms. The maximum Gasteiger partial charge on any atom is 0.243 e. The van der Waals surface area contributed by atoms with Gasteiger partial charge in [0.1, 0.15) is 11.8 Å². The molecule has 0 aliphatic carbocycles. The molecule has 2 aromatic carbocycles. The Morgan fingerprint density at radius 2 is 1.90 bits per heavy atom. The molecule has 0 bridgehead atoms. The van der Waals surface area contributed by atoms with E-state index in [2.05, 4.69) is 30.4 Å². The molecule has 0 aromatic heterocycles. The fourth-order valence-corrected chi connectivity index (χ4v) is 4.50. The monoisotopic (exact) mass is 418 g/mol. The third-order valence-corrected chi connectivity index (χ3v) is 5.84. The molecule has 158 valence electrons. The number of benzene rings is 2. The zero-order valence-corrected chi connectivity index (χ0v) is 18.3. The van der Waals surface area contributed by atoms with Gasteiger partial charge in [-0.1, -0.05) is 42.8 Å². The van der Waals surface area contributed by atoms with E-state index in [1.165, 1.54) is 22.5 Å². The maximum absolute atomic E-state index is 12.8. The fraction of sp³-hybridized carbons (Fsp3) is 0.409. The average molecular weight is 419 g/mol. The quantitative estimate of drug-likeness (QED) is 0.601. The Morgan fingerprint density at radius 1 is 1.17 bits per heavy atom. The van der Waals surface area contributed by atoms with Gasteiger partial charge in [0.2, 0.25) is 15.9 Å². The van der Waals surface area contributed by atoms with E-state index >= 15 is 0 Å². The van der Waals surface area contributed by atoms with Crippen molar-refractivity contribution in [2.24, 2.45) is 0 Å². The average Bonchev–Trinajstić information content (AvgIpc) is 2.68. The number of ether oxygens (including phenoxy) is 1. The van der Waals surface area contributed by atoms with Gasteiger partial charge in [0, 0.05) is 12.6 Å². The predicted molar refractivity (Wildman–Crippen MR) is 117 cm³/mol. The fourth-order valence-electron chi connectivity index (χ4n) is 3.30. The molecule has 0 heterocycles. The minimum absolute atomic E-state index is 0.301. The number of carbonyl (C=O) groups is 1. The first-order valence-electron chi connectivity index (χ1n) is 9.73. The summed E-state index contributed by atoms with van der Waals surface area (Å²) in [4.78, 5) is 12.8. The normalized spacial score (nSPS) is 12.3. The summed E-state index contributed by atoms with van der Waals surface area (Å²) in [7, 11) is -2.14. The van der Waals surface area contributed by atoms with Crippen LogP contribution in [0.5, 0.6) is 5.75 Å². The number of carbonyl (C=O) groups excluding carboxylic acids is 1. The van der Waals surface area contributed by atoms with E-state index in [0.29, 0.717) is 24.4 Å². The maximum atomic E-state index is 12.8. The molecule has 0 saturated carbocycles. The van der Waals surface area contributed by atoms with Crippen LogP contribution in [0.2, 0.25) is 0 Å². The second-order valence-electron chi connectivity index (χ2n) is 7.07. The summed E-state index contributed by atoms with van der Waals surface area (Å²) in [5.41, 5.74) is 2.84. The number of hydrogen-bond acceptors (Lipinski definition) is 4. The molecule has 0 radical (unpaired) electrons. The molecule has 2 rings (SSSR count). The Balaban J connectivity index is 2.07. The second-order valence-corrected chi connectivity index (χ2v) is 8.93. The van der Waals surface area contributed by atoms with E-state index in [0.717, 1.165) is 19.1 Å². The van der Waals surface area contributed by atoms with E-state index in [4.69, 9.17) is 4.74 Å². The lowest BCUT2D eigenvalue weighted by Gasteiger charge is -2.30. The van der Waals surface area contributed by atoms with Gasteiger partial charge >= 0.3 is 0 Å². The van der Waals surface area contributed by atoms with Crippen molar-refractivity contribution in [2.45, 2.75) is 39.2 Å². The zero-order valence-electron chi connectivity index (χ0n) is 17.5. The second kappa shape index (κ2) is 10.3. The molecular formula is C22H30N2O4S. The minimum atomic E-state index is -3.66. The van der Waals surface area contributed by atoms with Crippen LogP contribution in [-0.4, -0.2) is 40.3 Å². The van der Waals surface area contributed by atoms with Crippen molar-refractivity contribution in [3.8, 4) is 5.75 Å². The van der Waals surface area contributed by atoms with E-state index in [1.807, 2.05) is 6.07 Å². The number of aryl methyl sites for hydroxylation is 2. The van der Waals surface area contributed by atoms with Crippen LogP contribution < -0.4 is 14.4 Å². The number of nitrogens with zero attached hydrogens (tertiary/aromatic N) is 1. The number of hydrogen-bond donors (Lipinski definition) is 1. The first-order chi connectivity index (χ1) is 13.8. The molecule has 29 heavy (non-hydrogen) atoms. The molecule has 6 nitrogen and oxygen atoms in total. The van der Waals surface area contributed by atoms with Gasteiger partial charge in [0.05, 0.1) is 19.1 Å². The van der Waals surface area contributed by atoms with Crippen LogP contribution in [0.4, 0.5) is 5.69 Å². The van der Waals surface area contributed by atoms with Gasteiger partial charge in [-0.25, -0.2) is 8.42 Å². The molecule has 0 fully saturated rings. The number of methoxy groups -OCH3 is 1. The summed E-state index contributed by atoms with van der Waals surface area (Å²) in [6.07, 6.45) is 3.10. The van der Waals surface area contributed by atoms with Gasteiger partial charge < -0.3 is 10.1 Å². The van der Waals surface area contributed by atoms with E-state index in [-0.39, 0.29) is 5.91 Å². The van der Waals surface area contributed by atoms with Crippen LogP contribution in [0.1, 0.15) is 30.9 Å². The van der Waals surface area contributed by atoms with Gasteiger partial charge in [-0.05, 0) is 43.9 Å².